The average molecular weight is 557 g/mol. The van der Waals surface area contributed by atoms with Gasteiger partial charge in [0.15, 0.2) is 0 Å². The van der Waals surface area contributed by atoms with Crippen molar-refractivity contribution in [2.75, 3.05) is 0 Å². The number of nitrogens with zero attached hydrogens (tertiary/aromatic N) is 2. The van der Waals surface area contributed by atoms with Crippen molar-refractivity contribution in [3.05, 3.63) is 146 Å². The zero-order valence-corrected chi connectivity index (χ0v) is 23.8. The molecule has 11 aromatic rings. The van der Waals surface area contributed by atoms with Gasteiger partial charge in [-0.1, -0.05) is 109 Å². The molecular formula is C42H24N2. The Kier molecular flexibility index (Phi) is 4.10. The van der Waals surface area contributed by atoms with Crippen LogP contribution in [0, 0.1) is 0 Å². The molecule has 0 fully saturated rings. The molecule has 44 heavy (non-hydrogen) atoms. The minimum absolute atomic E-state index is 1.19. The number of hydrogen-bond donors (Lipinski definition) is 0. The van der Waals surface area contributed by atoms with E-state index in [2.05, 4.69) is 155 Å². The second-order valence-corrected chi connectivity index (χ2v) is 12.1. The van der Waals surface area contributed by atoms with Crippen LogP contribution in [0.5, 0.6) is 0 Å². The number of benzene rings is 8. The lowest BCUT2D eigenvalue weighted by Gasteiger charge is -2.11. The van der Waals surface area contributed by atoms with Crippen LogP contribution < -0.4 is 0 Å². The standard InChI is InChI=1S/C42H24N2/c1-2-9-28-25(8-1)16-17-26-24-27(18-19-29(26)28)43-37-15-6-4-11-34(37)40-31-21-23-39-41(32(31)20-22-38(40)43)35-13-7-12-33-30-10-3-5-14-36(30)44(39)42(33)35/h1-24H. The van der Waals surface area contributed by atoms with E-state index in [0.717, 1.165) is 0 Å². The summed E-state index contributed by atoms with van der Waals surface area (Å²) in [6, 6.07) is 53.9. The molecule has 0 aliphatic carbocycles. The average Bonchev–Trinajstić information content (AvgIpc) is 3.73. The Bertz CT molecular complexity index is 2990. The van der Waals surface area contributed by atoms with E-state index in [-0.39, 0.29) is 0 Å². The van der Waals surface area contributed by atoms with E-state index in [9.17, 15) is 0 Å². The third-order valence-electron chi connectivity index (χ3n) is 10.0. The molecule has 202 valence electrons. The largest absolute Gasteiger partial charge is 0.309 e. The van der Waals surface area contributed by atoms with Crippen molar-refractivity contribution >= 4 is 92.2 Å². The third kappa shape index (κ3) is 2.68. The fourth-order valence-electron chi connectivity index (χ4n) is 8.22. The smallest absolute Gasteiger partial charge is 0.0620 e. The first kappa shape index (κ1) is 22.7. The van der Waals surface area contributed by atoms with E-state index in [1.807, 2.05) is 0 Å². The summed E-state index contributed by atoms with van der Waals surface area (Å²) in [5.41, 5.74) is 7.52. The van der Waals surface area contributed by atoms with Gasteiger partial charge >= 0.3 is 0 Å². The van der Waals surface area contributed by atoms with Crippen molar-refractivity contribution in [2.24, 2.45) is 0 Å². The first-order valence-corrected chi connectivity index (χ1v) is 15.3. The van der Waals surface area contributed by atoms with Crippen LogP contribution in [0.1, 0.15) is 0 Å². The van der Waals surface area contributed by atoms with Crippen molar-refractivity contribution in [3.63, 3.8) is 0 Å². The van der Waals surface area contributed by atoms with Crippen LogP contribution in [0.4, 0.5) is 0 Å². The first-order chi connectivity index (χ1) is 21.8. The van der Waals surface area contributed by atoms with Gasteiger partial charge in [0.25, 0.3) is 0 Å². The van der Waals surface area contributed by atoms with Gasteiger partial charge in [0, 0.05) is 38.0 Å². The normalized spacial score (nSPS) is 12.5. The van der Waals surface area contributed by atoms with Crippen LogP contribution in [0.2, 0.25) is 0 Å². The molecular weight excluding hydrogens is 532 g/mol. The van der Waals surface area contributed by atoms with E-state index in [4.69, 9.17) is 0 Å². The molecule has 3 heterocycles. The summed E-state index contributed by atoms with van der Waals surface area (Å²) < 4.78 is 4.92. The monoisotopic (exact) mass is 556 g/mol. The Morgan fingerprint density at radius 2 is 0.932 bits per heavy atom. The number of rotatable bonds is 1. The van der Waals surface area contributed by atoms with Gasteiger partial charge in [-0.15, -0.1) is 0 Å². The number of para-hydroxylation sites is 3. The highest BCUT2D eigenvalue weighted by atomic mass is 15.0. The maximum atomic E-state index is 2.47. The summed E-state index contributed by atoms with van der Waals surface area (Å²) in [6.45, 7) is 0. The van der Waals surface area contributed by atoms with Gasteiger partial charge in [-0.2, -0.15) is 0 Å². The first-order valence-electron chi connectivity index (χ1n) is 15.3. The van der Waals surface area contributed by atoms with E-state index in [0.29, 0.717) is 0 Å². The Morgan fingerprint density at radius 3 is 1.82 bits per heavy atom. The molecule has 2 heteroatoms. The Morgan fingerprint density at radius 1 is 0.318 bits per heavy atom. The molecule has 8 aromatic carbocycles. The Balaban J connectivity index is 1.26. The predicted octanol–water partition coefficient (Wildman–Crippen LogP) is 11.4. The Hall–Kier alpha value is -5.86. The highest BCUT2D eigenvalue weighted by molar-refractivity contribution is 6.32. The number of hydrogen-bond acceptors (Lipinski definition) is 0. The minimum Gasteiger partial charge on any atom is -0.309 e. The number of aromatic nitrogens is 2. The number of fused-ring (bicyclic) bond motifs is 15. The van der Waals surface area contributed by atoms with Crippen LogP contribution in [0.3, 0.4) is 0 Å². The molecule has 0 unspecified atom stereocenters. The van der Waals surface area contributed by atoms with Gasteiger partial charge in [-0.25, -0.2) is 0 Å². The van der Waals surface area contributed by atoms with Crippen LogP contribution in [0.15, 0.2) is 146 Å². The van der Waals surface area contributed by atoms with Crippen LogP contribution in [-0.2, 0) is 0 Å². The van der Waals surface area contributed by atoms with Crippen LogP contribution in [-0.4, -0.2) is 8.97 Å². The molecule has 0 aliphatic heterocycles. The molecule has 0 aliphatic rings. The van der Waals surface area contributed by atoms with E-state index in [1.165, 1.54) is 97.9 Å². The fourth-order valence-corrected chi connectivity index (χ4v) is 8.22. The van der Waals surface area contributed by atoms with E-state index in [1.54, 1.807) is 0 Å². The van der Waals surface area contributed by atoms with Crippen LogP contribution >= 0.6 is 0 Å². The lowest BCUT2D eigenvalue weighted by atomic mass is 9.98. The third-order valence-corrected chi connectivity index (χ3v) is 10.0. The lowest BCUT2D eigenvalue weighted by Crippen LogP contribution is -1.94. The summed E-state index contributed by atoms with van der Waals surface area (Å²) >= 11 is 0. The molecule has 0 radical (unpaired) electrons. The molecule has 2 nitrogen and oxygen atoms in total. The van der Waals surface area contributed by atoms with Gasteiger partial charge in [0.2, 0.25) is 0 Å². The van der Waals surface area contributed by atoms with Crippen molar-refractivity contribution in [2.45, 2.75) is 0 Å². The molecule has 3 aromatic heterocycles. The van der Waals surface area contributed by atoms with Crippen molar-refractivity contribution in [1.82, 2.24) is 8.97 Å². The summed E-state index contributed by atoms with van der Waals surface area (Å²) in [5, 5.41) is 15.6. The summed E-state index contributed by atoms with van der Waals surface area (Å²) in [4.78, 5) is 0. The summed E-state index contributed by atoms with van der Waals surface area (Å²) in [7, 11) is 0. The van der Waals surface area contributed by atoms with Gasteiger partial charge < -0.3 is 8.97 Å². The molecule has 0 N–H and O–H groups in total. The van der Waals surface area contributed by atoms with Crippen molar-refractivity contribution < 1.29 is 0 Å². The van der Waals surface area contributed by atoms with Gasteiger partial charge in [-0.05, 0) is 68.7 Å². The van der Waals surface area contributed by atoms with Crippen molar-refractivity contribution in [1.29, 1.82) is 0 Å². The maximum absolute atomic E-state index is 2.47. The zero-order valence-electron chi connectivity index (χ0n) is 23.8. The molecule has 0 amide bonds. The predicted molar refractivity (Wildman–Crippen MR) is 188 cm³/mol. The molecule has 0 saturated carbocycles. The fraction of sp³-hybridized carbons (Fsp3) is 0. The highest BCUT2D eigenvalue weighted by Crippen LogP contribution is 2.44. The lowest BCUT2D eigenvalue weighted by molar-refractivity contribution is 1.19. The molecule has 0 atom stereocenters. The SMILES string of the molecule is c1ccc2c(c1)ccc1cc(-n3c4ccccc4c4c5ccc6c(c5ccc43)c3cccc4c5ccccc5n6c43)ccc12. The van der Waals surface area contributed by atoms with E-state index >= 15 is 0 Å². The highest BCUT2D eigenvalue weighted by Gasteiger charge is 2.21. The maximum Gasteiger partial charge on any atom is 0.0620 e. The second kappa shape index (κ2) is 7.94. The van der Waals surface area contributed by atoms with Gasteiger partial charge in [0.05, 0.1) is 27.6 Å². The summed E-state index contributed by atoms with van der Waals surface area (Å²) in [6.07, 6.45) is 0. The quantitative estimate of drug-likeness (QED) is 0.178. The van der Waals surface area contributed by atoms with Crippen LogP contribution in [0.25, 0.3) is 97.9 Å². The molecule has 0 saturated heterocycles. The van der Waals surface area contributed by atoms with Gasteiger partial charge in [-0.3, -0.25) is 0 Å². The molecule has 11 rings (SSSR count). The van der Waals surface area contributed by atoms with Gasteiger partial charge in [0.1, 0.15) is 0 Å². The zero-order chi connectivity index (χ0) is 28.5. The molecule has 0 bridgehead atoms. The Labute approximate surface area is 251 Å². The van der Waals surface area contributed by atoms with Crippen molar-refractivity contribution in [3.8, 4) is 5.69 Å². The van der Waals surface area contributed by atoms with E-state index < -0.39 is 0 Å². The topological polar surface area (TPSA) is 9.34 Å². The molecule has 0 spiro atoms. The minimum atomic E-state index is 1.19. The summed E-state index contributed by atoms with van der Waals surface area (Å²) in [5.74, 6) is 0. The second-order valence-electron chi connectivity index (χ2n) is 12.1.